The van der Waals surface area contributed by atoms with Gasteiger partial charge in [0.25, 0.3) is 5.91 Å². The molecule has 2 N–H and O–H groups in total. The van der Waals surface area contributed by atoms with Crippen molar-refractivity contribution in [3.63, 3.8) is 0 Å². The maximum atomic E-state index is 12.9. The Morgan fingerprint density at radius 3 is 2.88 bits per heavy atom. The minimum Gasteiger partial charge on any atom is -0.495 e. The van der Waals surface area contributed by atoms with E-state index in [1.54, 1.807) is 30.3 Å². The number of methoxy groups -OCH3 is 1. The number of carbonyl (C=O) groups is 2. The number of halogens is 1. The molecule has 0 fully saturated rings. The lowest BCUT2D eigenvalue weighted by molar-refractivity contribution is -0.115. The first-order chi connectivity index (χ1) is 12.5. The number of hydrogen-bond donors (Lipinski definition) is 1. The molecule has 1 aliphatic heterocycles. The summed E-state index contributed by atoms with van der Waals surface area (Å²) in [5, 5.41) is 0.674. The molecule has 26 heavy (non-hydrogen) atoms. The van der Waals surface area contributed by atoms with Crippen LogP contribution in [0.3, 0.4) is 0 Å². The molecule has 3 rings (SSSR count). The van der Waals surface area contributed by atoms with Gasteiger partial charge in [-0.25, -0.2) is 4.99 Å². The lowest BCUT2D eigenvalue weighted by Gasteiger charge is -2.18. The number of hydrogen-bond acceptors (Lipinski definition) is 6. The van der Waals surface area contributed by atoms with Gasteiger partial charge in [-0.3, -0.25) is 14.5 Å². The standard InChI is InChI=1S/C17H14ClN3O4S/c1-24-14-5-4-10(7-12(14)18)21-16(23)13(8-11-3-2-6-25-11)20-17(21)26-9-15(19)22/h2-8H,9H2,1H3,(H2,19,22)/b13-8+. The fourth-order valence-electron chi connectivity index (χ4n) is 2.26. The van der Waals surface area contributed by atoms with Gasteiger partial charge in [-0.2, -0.15) is 0 Å². The van der Waals surface area contributed by atoms with E-state index in [0.717, 1.165) is 11.8 Å². The average Bonchev–Trinajstić information content (AvgIpc) is 3.22. The van der Waals surface area contributed by atoms with Gasteiger partial charge in [0.15, 0.2) is 5.17 Å². The quantitative estimate of drug-likeness (QED) is 0.790. The van der Waals surface area contributed by atoms with Gasteiger partial charge in [0.2, 0.25) is 5.91 Å². The molecule has 7 nitrogen and oxygen atoms in total. The number of furan rings is 1. The SMILES string of the molecule is COc1ccc(N2C(=O)/C(=C\c3ccco3)N=C2SCC(N)=O)cc1Cl. The fraction of sp³-hybridized carbons (Fsp3) is 0.118. The molecule has 1 aromatic heterocycles. The van der Waals surface area contributed by atoms with Gasteiger partial charge in [-0.15, -0.1) is 0 Å². The molecule has 2 heterocycles. The molecule has 0 saturated carbocycles. The number of carbonyl (C=O) groups excluding carboxylic acids is 2. The van der Waals surface area contributed by atoms with Crippen LogP contribution in [0, 0.1) is 0 Å². The van der Waals surface area contributed by atoms with Gasteiger partial charge in [-0.05, 0) is 30.3 Å². The van der Waals surface area contributed by atoms with Crippen molar-refractivity contribution in [2.45, 2.75) is 0 Å². The van der Waals surface area contributed by atoms with Crippen LogP contribution in [0.4, 0.5) is 5.69 Å². The van der Waals surface area contributed by atoms with Gasteiger partial charge in [0.05, 0.1) is 29.8 Å². The molecular weight excluding hydrogens is 378 g/mol. The average molecular weight is 392 g/mol. The summed E-state index contributed by atoms with van der Waals surface area (Å²) in [4.78, 5) is 29.7. The normalized spacial score (nSPS) is 15.5. The second-order valence-corrected chi connectivity index (χ2v) is 6.50. The zero-order chi connectivity index (χ0) is 18.7. The highest BCUT2D eigenvalue weighted by Gasteiger charge is 2.32. The third-order valence-corrected chi connectivity index (χ3v) is 4.65. The summed E-state index contributed by atoms with van der Waals surface area (Å²) >= 11 is 7.23. The van der Waals surface area contributed by atoms with Crippen molar-refractivity contribution >= 4 is 52.1 Å². The van der Waals surface area contributed by atoms with Crippen LogP contribution in [-0.4, -0.2) is 29.8 Å². The highest BCUT2D eigenvalue weighted by Crippen LogP contribution is 2.34. The number of thioether (sulfide) groups is 1. The van der Waals surface area contributed by atoms with Gasteiger partial charge in [0.1, 0.15) is 17.2 Å². The van der Waals surface area contributed by atoms with Crippen molar-refractivity contribution in [1.82, 2.24) is 0 Å². The molecule has 2 amide bonds. The van der Waals surface area contributed by atoms with E-state index < -0.39 is 5.91 Å². The van der Waals surface area contributed by atoms with Crippen LogP contribution in [0.5, 0.6) is 5.75 Å². The Bertz CT molecular complexity index is 909. The summed E-state index contributed by atoms with van der Waals surface area (Å²) < 4.78 is 10.4. The monoisotopic (exact) mass is 391 g/mol. The zero-order valence-electron chi connectivity index (χ0n) is 13.6. The van der Waals surface area contributed by atoms with Crippen LogP contribution in [0.15, 0.2) is 51.7 Å². The van der Waals surface area contributed by atoms with E-state index in [1.165, 1.54) is 24.3 Å². The van der Waals surface area contributed by atoms with Crippen molar-refractivity contribution in [3.05, 3.63) is 53.1 Å². The van der Waals surface area contributed by atoms with Crippen LogP contribution < -0.4 is 15.4 Å². The van der Waals surface area contributed by atoms with E-state index in [1.807, 2.05) is 0 Å². The number of aliphatic imine (C=N–C) groups is 1. The first-order valence-electron chi connectivity index (χ1n) is 7.42. The molecule has 0 saturated heterocycles. The van der Waals surface area contributed by atoms with Crippen LogP contribution in [-0.2, 0) is 9.59 Å². The van der Waals surface area contributed by atoms with Gasteiger partial charge in [0, 0.05) is 6.08 Å². The Labute approximate surface area is 158 Å². The maximum absolute atomic E-state index is 12.9. The smallest absolute Gasteiger partial charge is 0.283 e. The van der Waals surface area contributed by atoms with Crippen molar-refractivity contribution in [2.24, 2.45) is 10.7 Å². The predicted octanol–water partition coefficient (Wildman–Crippen LogP) is 2.90. The lowest BCUT2D eigenvalue weighted by atomic mass is 10.2. The number of amidine groups is 1. The number of anilines is 1. The molecule has 1 aliphatic rings. The van der Waals surface area contributed by atoms with Gasteiger partial charge in [-0.1, -0.05) is 23.4 Å². The molecular formula is C17H14ClN3O4S. The third kappa shape index (κ3) is 3.76. The summed E-state index contributed by atoms with van der Waals surface area (Å²) in [5.74, 6) is 0.0826. The van der Waals surface area contributed by atoms with E-state index in [0.29, 0.717) is 27.4 Å². The number of benzene rings is 1. The second kappa shape index (κ2) is 7.67. The number of ether oxygens (including phenoxy) is 1. The molecule has 0 spiro atoms. The number of nitrogens with zero attached hydrogens (tertiary/aromatic N) is 2. The topological polar surface area (TPSA) is 98.1 Å². The number of rotatable bonds is 5. The molecule has 1 aromatic carbocycles. The van der Waals surface area contributed by atoms with Crippen LogP contribution in [0.1, 0.15) is 5.76 Å². The molecule has 0 bridgehead atoms. The van der Waals surface area contributed by atoms with Crippen molar-refractivity contribution < 1.29 is 18.7 Å². The van der Waals surface area contributed by atoms with Crippen LogP contribution in [0.25, 0.3) is 6.08 Å². The van der Waals surface area contributed by atoms with Crippen molar-refractivity contribution in [1.29, 1.82) is 0 Å². The van der Waals surface area contributed by atoms with E-state index in [2.05, 4.69) is 4.99 Å². The first-order valence-corrected chi connectivity index (χ1v) is 8.79. The Hall–Kier alpha value is -2.71. The molecule has 134 valence electrons. The number of nitrogens with two attached hydrogens (primary N) is 1. The summed E-state index contributed by atoms with van der Waals surface area (Å²) in [5.41, 5.74) is 5.89. The predicted molar refractivity (Wildman–Crippen MR) is 101 cm³/mol. The highest BCUT2D eigenvalue weighted by molar-refractivity contribution is 8.14. The van der Waals surface area contributed by atoms with Crippen molar-refractivity contribution in [2.75, 3.05) is 17.8 Å². The van der Waals surface area contributed by atoms with Crippen molar-refractivity contribution in [3.8, 4) is 5.75 Å². The Kier molecular flexibility index (Phi) is 5.34. The highest BCUT2D eigenvalue weighted by atomic mass is 35.5. The fourth-order valence-corrected chi connectivity index (χ4v) is 3.26. The van der Waals surface area contributed by atoms with Crippen LogP contribution >= 0.6 is 23.4 Å². The largest absolute Gasteiger partial charge is 0.495 e. The molecule has 0 unspecified atom stereocenters. The lowest BCUT2D eigenvalue weighted by Crippen LogP contribution is -2.31. The summed E-state index contributed by atoms with van der Waals surface area (Å²) in [6.45, 7) is 0. The Morgan fingerprint density at radius 1 is 1.46 bits per heavy atom. The van der Waals surface area contributed by atoms with E-state index in [4.69, 9.17) is 26.5 Å². The Balaban J connectivity index is 1.98. The molecule has 0 radical (unpaired) electrons. The molecule has 0 atom stereocenters. The number of primary amides is 1. The summed E-state index contributed by atoms with van der Waals surface area (Å²) in [7, 11) is 1.50. The third-order valence-electron chi connectivity index (χ3n) is 3.39. The first kappa shape index (κ1) is 18.1. The molecule has 2 aromatic rings. The minimum absolute atomic E-state index is 0.0134. The van der Waals surface area contributed by atoms with Crippen LogP contribution in [0.2, 0.25) is 5.02 Å². The van der Waals surface area contributed by atoms with E-state index in [-0.39, 0.29) is 17.4 Å². The van der Waals surface area contributed by atoms with E-state index in [9.17, 15) is 9.59 Å². The minimum atomic E-state index is -0.513. The maximum Gasteiger partial charge on any atom is 0.283 e. The van der Waals surface area contributed by atoms with Gasteiger partial charge < -0.3 is 14.9 Å². The van der Waals surface area contributed by atoms with Gasteiger partial charge >= 0.3 is 0 Å². The Morgan fingerprint density at radius 2 is 2.27 bits per heavy atom. The number of amides is 2. The summed E-state index contributed by atoms with van der Waals surface area (Å²) in [6, 6.07) is 8.33. The molecule has 9 heteroatoms. The second-order valence-electron chi connectivity index (χ2n) is 5.15. The molecule has 0 aliphatic carbocycles. The summed E-state index contributed by atoms with van der Waals surface area (Å²) in [6.07, 6.45) is 3.03. The van der Waals surface area contributed by atoms with E-state index >= 15 is 0 Å². The zero-order valence-corrected chi connectivity index (χ0v) is 15.2.